The Morgan fingerprint density at radius 2 is 1.89 bits per heavy atom. The number of benzene rings is 1. The van der Waals surface area contributed by atoms with Crippen LogP contribution in [0.1, 0.15) is 33.6 Å². The van der Waals surface area contributed by atoms with Crippen molar-refractivity contribution in [1.82, 2.24) is 4.72 Å². The molecule has 0 aliphatic rings. The van der Waals surface area contributed by atoms with E-state index in [1.165, 1.54) is 18.2 Å². The van der Waals surface area contributed by atoms with Crippen LogP contribution in [0.5, 0.6) is 0 Å². The van der Waals surface area contributed by atoms with E-state index in [4.69, 9.17) is 17.3 Å². The van der Waals surface area contributed by atoms with Gasteiger partial charge in [-0.1, -0.05) is 25.4 Å². The summed E-state index contributed by atoms with van der Waals surface area (Å²) in [7, 11) is -3.54. The number of hydrogen-bond donors (Lipinski definition) is 2. The van der Waals surface area contributed by atoms with Gasteiger partial charge in [0.25, 0.3) is 0 Å². The first kappa shape index (κ1) is 16.3. The summed E-state index contributed by atoms with van der Waals surface area (Å²) in [4.78, 5) is 0.144. The molecule has 0 aromatic heterocycles. The van der Waals surface area contributed by atoms with Crippen LogP contribution < -0.4 is 10.5 Å². The van der Waals surface area contributed by atoms with Gasteiger partial charge in [-0.15, -0.1) is 0 Å². The first-order valence-corrected chi connectivity index (χ1v) is 8.16. The van der Waals surface area contributed by atoms with E-state index in [1.807, 2.05) is 6.92 Å². The molecule has 4 nitrogen and oxygen atoms in total. The monoisotopic (exact) mass is 304 g/mol. The molecule has 0 saturated heterocycles. The van der Waals surface area contributed by atoms with Crippen LogP contribution in [0.3, 0.4) is 0 Å². The van der Waals surface area contributed by atoms with Gasteiger partial charge in [-0.05, 0) is 43.9 Å². The predicted molar refractivity (Wildman–Crippen MR) is 79.7 cm³/mol. The van der Waals surface area contributed by atoms with Crippen LogP contribution in [0, 0.1) is 5.92 Å². The summed E-state index contributed by atoms with van der Waals surface area (Å²) < 4.78 is 26.9. The minimum absolute atomic E-state index is 0.107. The molecular weight excluding hydrogens is 284 g/mol. The van der Waals surface area contributed by atoms with Crippen molar-refractivity contribution in [1.29, 1.82) is 0 Å². The third-order valence-electron chi connectivity index (χ3n) is 2.81. The summed E-state index contributed by atoms with van der Waals surface area (Å²) in [5.41, 5.74) is 5.89. The Labute approximate surface area is 120 Å². The minimum Gasteiger partial charge on any atom is -0.397 e. The number of sulfonamides is 1. The molecule has 0 heterocycles. The van der Waals surface area contributed by atoms with Crippen LogP contribution >= 0.6 is 11.6 Å². The van der Waals surface area contributed by atoms with Gasteiger partial charge in [0.2, 0.25) is 10.0 Å². The molecule has 0 aliphatic carbocycles. The van der Waals surface area contributed by atoms with Crippen molar-refractivity contribution in [3.63, 3.8) is 0 Å². The maximum Gasteiger partial charge on any atom is 0.240 e. The molecule has 0 spiro atoms. The Morgan fingerprint density at radius 3 is 2.42 bits per heavy atom. The highest BCUT2D eigenvalue weighted by molar-refractivity contribution is 7.89. The second-order valence-electron chi connectivity index (χ2n) is 5.18. The van der Waals surface area contributed by atoms with Gasteiger partial charge in [-0.2, -0.15) is 0 Å². The van der Waals surface area contributed by atoms with Crippen molar-refractivity contribution in [3.8, 4) is 0 Å². The van der Waals surface area contributed by atoms with Gasteiger partial charge in [0, 0.05) is 6.04 Å². The fraction of sp³-hybridized carbons (Fsp3) is 0.538. The molecule has 0 amide bonds. The first-order valence-electron chi connectivity index (χ1n) is 6.29. The number of nitrogen functional groups attached to an aromatic ring is 1. The number of rotatable bonds is 6. The van der Waals surface area contributed by atoms with Gasteiger partial charge in [-0.3, -0.25) is 0 Å². The van der Waals surface area contributed by atoms with E-state index in [0.29, 0.717) is 10.9 Å². The van der Waals surface area contributed by atoms with Gasteiger partial charge < -0.3 is 5.73 Å². The zero-order valence-corrected chi connectivity index (χ0v) is 13.1. The van der Waals surface area contributed by atoms with Crippen LogP contribution in [0.15, 0.2) is 23.1 Å². The lowest BCUT2D eigenvalue weighted by molar-refractivity contribution is 0.485. The Morgan fingerprint density at radius 1 is 1.26 bits per heavy atom. The topological polar surface area (TPSA) is 72.2 Å². The normalized spacial score (nSPS) is 13.7. The Balaban J connectivity index is 2.77. The molecule has 108 valence electrons. The molecule has 0 saturated carbocycles. The fourth-order valence-corrected chi connectivity index (χ4v) is 3.09. The Hall–Kier alpha value is -0.780. The van der Waals surface area contributed by atoms with Crippen LogP contribution in [0.4, 0.5) is 5.69 Å². The van der Waals surface area contributed by atoms with E-state index in [0.717, 1.165) is 12.8 Å². The van der Waals surface area contributed by atoms with Crippen LogP contribution in [0.2, 0.25) is 5.02 Å². The number of nitrogens with one attached hydrogen (secondary N) is 1. The highest BCUT2D eigenvalue weighted by atomic mass is 35.5. The van der Waals surface area contributed by atoms with E-state index in [-0.39, 0.29) is 16.6 Å². The van der Waals surface area contributed by atoms with E-state index in [2.05, 4.69) is 18.6 Å². The third-order valence-corrected chi connectivity index (χ3v) is 4.74. The molecule has 0 bridgehead atoms. The smallest absolute Gasteiger partial charge is 0.240 e. The largest absolute Gasteiger partial charge is 0.397 e. The highest BCUT2D eigenvalue weighted by Gasteiger charge is 2.18. The third kappa shape index (κ3) is 5.01. The predicted octanol–water partition coefficient (Wildman–Crippen LogP) is 3.03. The summed E-state index contributed by atoms with van der Waals surface area (Å²) in [6.45, 7) is 6.08. The summed E-state index contributed by atoms with van der Waals surface area (Å²) in [6, 6.07) is 4.21. The minimum atomic E-state index is -3.54. The lowest BCUT2D eigenvalue weighted by Crippen LogP contribution is -2.32. The van der Waals surface area contributed by atoms with Gasteiger partial charge in [0.05, 0.1) is 15.6 Å². The second-order valence-corrected chi connectivity index (χ2v) is 7.30. The van der Waals surface area contributed by atoms with Crippen molar-refractivity contribution >= 4 is 27.3 Å². The van der Waals surface area contributed by atoms with Crippen LogP contribution in [-0.2, 0) is 10.0 Å². The van der Waals surface area contributed by atoms with Crippen molar-refractivity contribution in [2.45, 2.75) is 44.6 Å². The average molecular weight is 305 g/mol. The van der Waals surface area contributed by atoms with Crippen LogP contribution in [0.25, 0.3) is 0 Å². The molecule has 0 radical (unpaired) electrons. The number of anilines is 1. The summed E-state index contributed by atoms with van der Waals surface area (Å²) in [5.74, 6) is 0.554. The van der Waals surface area contributed by atoms with E-state index in [1.54, 1.807) is 0 Å². The molecule has 0 fully saturated rings. The van der Waals surface area contributed by atoms with Crippen molar-refractivity contribution in [2.75, 3.05) is 5.73 Å². The quantitative estimate of drug-likeness (QED) is 0.793. The van der Waals surface area contributed by atoms with Gasteiger partial charge >= 0.3 is 0 Å². The molecule has 0 aliphatic heterocycles. The molecular formula is C13H21ClN2O2S. The van der Waals surface area contributed by atoms with E-state index < -0.39 is 10.0 Å². The molecule has 6 heteroatoms. The van der Waals surface area contributed by atoms with Gasteiger partial charge in [0.1, 0.15) is 0 Å². The first-order chi connectivity index (χ1) is 8.72. The number of hydrogen-bond acceptors (Lipinski definition) is 3. The maximum absolute atomic E-state index is 12.1. The average Bonchev–Trinajstić information content (AvgIpc) is 2.29. The second kappa shape index (κ2) is 6.59. The van der Waals surface area contributed by atoms with E-state index in [9.17, 15) is 8.42 Å². The van der Waals surface area contributed by atoms with Gasteiger partial charge in [-0.25, -0.2) is 13.1 Å². The lowest BCUT2D eigenvalue weighted by Gasteiger charge is -2.15. The molecule has 3 N–H and O–H groups in total. The fourth-order valence-electron chi connectivity index (χ4n) is 1.66. The lowest BCUT2D eigenvalue weighted by atomic mass is 10.1. The van der Waals surface area contributed by atoms with Crippen molar-refractivity contribution in [2.24, 2.45) is 5.92 Å². The SMILES string of the molecule is CC(C)CCC(C)NS(=O)(=O)c1ccc(Cl)c(N)c1. The Bertz CT molecular complexity index is 529. The molecule has 1 aromatic carbocycles. The summed E-state index contributed by atoms with van der Waals surface area (Å²) in [5, 5.41) is 0.354. The van der Waals surface area contributed by atoms with Crippen molar-refractivity contribution < 1.29 is 8.42 Å². The van der Waals surface area contributed by atoms with Crippen LogP contribution in [-0.4, -0.2) is 14.5 Å². The highest BCUT2D eigenvalue weighted by Crippen LogP contribution is 2.22. The Kier molecular flexibility index (Phi) is 5.64. The molecule has 19 heavy (non-hydrogen) atoms. The summed E-state index contributed by atoms with van der Waals surface area (Å²) in [6.07, 6.45) is 1.78. The zero-order valence-electron chi connectivity index (χ0n) is 11.5. The number of halogens is 1. The number of nitrogens with two attached hydrogens (primary N) is 1. The molecule has 1 rings (SSSR count). The molecule has 1 atom stereocenters. The maximum atomic E-state index is 12.1. The summed E-state index contributed by atoms with van der Waals surface area (Å²) >= 11 is 5.78. The standard InChI is InChI=1S/C13H21ClN2O2S/c1-9(2)4-5-10(3)16-19(17,18)11-6-7-12(14)13(15)8-11/h6-10,16H,4-5,15H2,1-3H3. The zero-order chi connectivity index (χ0) is 14.6. The van der Waals surface area contributed by atoms with E-state index >= 15 is 0 Å². The molecule has 1 unspecified atom stereocenters. The van der Waals surface area contributed by atoms with Gasteiger partial charge in [0.15, 0.2) is 0 Å². The van der Waals surface area contributed by atoms with Crippen molar-refractivity contribution in [3.05, 3.63) is 23.2 Å². The molecule has 1 aromatic rings.